The molecule has 3 aromatic rings. The first kappa shape index (κ1) is 21.1. The molecule has 0 aromatic heterocycles. The summed E-state index contributed by atoms with van der Waals surface area (Å²) in [5, 5.41) is 28.9. The number of thioether (sulfide) groups is 1. The van der Waals surface area contributed by atoms with E-state index in [0.717, 1.165) is 22.4 Å². The van der Waals surface area contributed by atoms with Crippen LogP contribution in [0.4, 0.5) is 0 Å². The van der Waals surface area contributed by atoms with Crippen LogP contribution in [-0.2, 0) is 17.9 Å². The smallest absolute Gasteiger partial charge is 0.321 e. The fourth-order valence-electron chi connectivity index (χ4n) is 3.57. The quantitative estimate of drug-likeness (QED) is 0.473. The van der Waals surface area contributed by atoms with Gasteiger partial charge in [0.25, 0.3) is 0 Å². The Labute approximate surface area is 184 Å². The van der Waals surface area contributed by atoms with Gasteiger partial charge in [-0.2, -0.15) is 0 Å². The molecule has 0 amide bonds. The molecular weight excluding hydrogens is 414 g/mol. The number of carboxylic acid groups (broad SMARTS) is 1. The summed E-state index contributed by atoms with van der Waals surface area (Å²) in [6.07, 6.45) is 0. The summed E-state index contributed by atoms with van der Waals surface area (Å²) in [6.45, 7) is 0.922. The van der Waals surface area contributed by atoms with Crippen molar-refractivity contribution in [2.75, 3.05) is 5.75 Å². The first-order valence-electron chi connectivity index (χ1n) is 9.89. The van der Waals surface area contributed by atoms with E-state index in [0.29, 0.717) is 18.9 Å². The number of benzene rings is 3. The third-order valence-corrected chi connectivity index (χ3v) is 6.59. The topological polar surface area (TPSA) is 90.2 Å². The molecule has 0 aliphatic carbocycles. The molecule has 0 saturated carbocycles. The zero-order chi connectivity index (χ0) is 21.8. The molecular formula is C24H23NO5S. The average Bonchev–Trinajstić information content (AvgIpc) is 3.20. The second kappa shape index (κ2) is 9.32. The van der Waals surface area contributed by atoms with Crippen molar-refractivity contribution in [3.63, 3.8) is 0 Å². The lowest BCUT2D eigenvalue weighted by atomic mass is 10.1. The van der Waals surface area contributed by atoms with E-state index in [9.17, 15) is 20.1 Å². The number of rotatable bonds is 7. The van der Waals surface area contributed by atoms with E-state index in [4.69, 9.17) is 4.74 Å². The van der Waals surface area contributed by atoms with Gasteiger partial charge in [0.1, 0.15) is 18.4 Å². The van der Waals surface area contributed by atoms with E-state index in [1.807, 2.05) is 59.5 Å². The number of carboxylic acids is 1. The van der Waals surface area contributed by atoms with Crippen LogP contribution >= 0.6 is 11.8 Å². The lowest BCUT2D eigenvalue weighted by molar-refractivity contribution is -0.142. The van der Waals surface area contributed by atoms with Crippen LogP contribution in [0.5, 0.6) is 17.2 Å². The summed E-state index contributed by atoms with van der Waals surface area (Å²) in [6, 6.07) is 21.6. The Balaban J connectivity index is 1.47. The number of ether oxygens (including phenoxy) is 1. The Morgan fingerprint density at radius 1 is 0.968 bits per heavy atom. The van der Waals surface area contributed by atoms with Gasteiger partial charge < -0.3 is 20.1 Å². The minimum atomic E-state index is -0.874. The summed E-state index contributed by atoms with van der Waals surface area (Å²) < 4.78 is 5.83. The number of carbonyl (C=O) groups is 1. The Kier molecular flexibility index (Phi) is 6.34. The van der Waals surface area contributed by atoms with Crippen molar-refractivity contribution in [1.82, 2.24) is 4.90 Å². The third-order valence-electron chi connectivity index (χ3n) is 5.22. The Hall–Kier alpha value is -3.16. The molecule has 1 fully saturated rings. The predicted octanol–water partition coefficient (Wildman–Crippen LogP) is 4.38. The fraction of sp³-hybridized carbons (Fsp3) is 0.208. The van der Waals surface area contributed by atoms with Crippen molar-refractivity contribution in [2.45, 2.75) is 24.6 Å². The minimum absolute atomic E-state index is 0.195. The number of aromatic hydroxyl groups is 2. The van der Waals surface area contributed by atoms with Crippen molar-refractivity contribution in [3.8, 4) is 17.2 Å². The minimum Gasteiger partial charge on any atom is -0.504 e. The van der Waals surface area contributed by atoms with Gasteiger partial charge in [0.05, 0.1) is 5.37 Å². The van der Waals surface area contributed by atoms with Gasteiger partial charge in [-0.25, -0.2) is 0 Å². The highest BCUT2D eigenvalue weighted by Gasteiger charge is 2.39. The summed E-state index contributed by atoms with van der Waals surface area (Å²) in [5.74, 6) is -0.0881. The molecule has 4 rings (SSSR count). The first-order chi connectivity index (χ1) is 15.0. The van der Waals surface area contributed by atoms with E-state index in [1.165, 1.54) is 23.9 Å². The fourth-order valence-corrected chi connectivity index (χ4v) is 5.02. The summed E-state index contributed by atoms with van der Waals surface area (Å²) >= 11 is 1.51. The Morgan fingerprint density at radius 3 is 2.39 bits per heavy atom. The second-order valence-electron chi connectivity index (χ2n) is 7.38. The Morgan fingerprint density at radius 2 is 1.71 bits per heavy atom. The van der Waals surface area contributed by atoms with Crippen molar-refractivity contribution in [2.24, 2.45) is 0 Å². The van der Waals surface area contributed by atoms with Gasteiger partial charge in [0.15, 0.2) is 11.5 Å². The number of hydrogen-bond donors (Lipinski definition) is 3. The highest BCUT2D eigenvalue weighted by atomic mass is 32.2. The summed E-state index contributed by atoms with van der Waals surface area (Å²) in [7, 11) is 0. The van der Waals surface area contributed by atoms with Crippen LogP contribution in [0.2, 0.25) is 0 Å². The zero-order valence-electron chi connectivity index (χ0n) is 16.7. The molecule has 0 radical (unpaired) electrons. The summed E-state index contributed by atoms with van der Waals surface area (Å²) in [4.78, 5) is 13.7. The lowest BCUT2D eigenvalue weighted by Crippen LogP contribution is -2.38. The van der Waals surface area contributed by atoms with Gasteiger partial charge in [-0.15, -0.1) is 11.8 Å². The molecule has 1 aliphatic rings. The maximum atomic E-state index is 11.8. The summed E-state index contributed by atoms with van der Waals surface area (Å²) in [5.41, 5.74) is 2.81. The molecule has 3 N–H and O–H groups in total. The lowest BCUT2D eigenvalue weighted by Gasteiger charge is -2.27. The van der Waals surface area contributed by atoms with Gasteiger partial charge in [0.2, 0.25) is 0 Å². The largest absolute Gasteiger partial charge is 0.504 e. The molecule has 31 heavy (non-hydrogen) atoms. The molecule has 1 saturated heterocycles. The van der Waals surface area contributed by atoms with Crippen LogP contribution in [0.3, 0.4) is 0 Å². The molecule has 0 bridgehead atoms. The maximum absolute atomic E-state index is 11.8. The third kappa shape index (κ3) is 4.95. The van der Waals surface area contributed by atoms with Crippen LogP contribution in [0.1, 0.15) is 22.1 Å². The number of nitrogens with zero attached hydrogens (tertiary/aromatic N) is 1. The van der Waals surface area contributed by atoms with Crippen molar-refractivity contribution in [3.05, 3.63) is 89.5 Å². The molecule has 6 nitrogen and oxygen atoms in total. The molecule has 7 heteroatoms. The zero-order valence-corrected chi connectivity index (χ0v) is 17.5. The molecule has 2 unspecified atom stereocenters. The normalized spacial score (nSPS) is 18.7. The van der Waals surface area contributed by atoms with E-state index in [1.54, 1.807) is 6.07 Å². The van der Waals surface area contributed by atoms with Crippen molar-refractivity contribution in [1.29, 1.82) is 0 Å². The van der Waals surface area contributed by atoms with E-state index in [2.05, 4.69) is 0 Å². The highest BCUT2D eigenvalue weighted by Crippen LogP contribution is 2.44. The SMILES string of the molecule is O=C(O)C1CSC(c2ccc(O)c(O)c2)N1Cc1ccc(OCc2ccccc2)cc1. The number of phenolic OH excluding ortho intramolecular Hbond substituents is 2. The van der Waals surface area contributed by atoms with E-state index < -0.39 is 12.0 Å². The number of phenols is 2. The van der Waals surface area contributed by atoms with Gasteiger partial charge in [0, 0.05) is 12.3 Å². The molecule has 0 spiro atoms. The second-order valence-corrected chi connectivity index (χ2v) is 8.49. The number of hydrogen-bond acceptors (Lipinski definition) is 6. The van der Waals surface area contributed by atoms with Crippen LogP contribution in [0.25, 0.3) is 0 Å². The van der Waals surface area contributed by atoms with Crippen LogP contribution in [-0.4, -0.2) is 38.0 Å². The molecule has 160 valence electrons. The van der Waals surface area contributed by atoms with E-state index >= 15 is 0 Å². The average molecular weight is 438 g/mol. The number of aliphatic carboxylic acids is 1. The Bertz CT molecular complexity index is 1040. The van der Waals surface area contributed by atoms with Crippen LogP contribution in [0, 0.1) is 0 Å². The molecule has 2 atom stereocenters. The first-order valence-corrected chi connectivity index (χ1v) is 10.9. The van der Waals surface area contributed by atoms with Crippen LogP contribution in [0.15, 0.2) is 72.8 Å². The van der Waals surface area contributed by atoms with Gasteiger partial charge in [-0.1, -0.05) is 48.5 Å². The molecule has 1 aliphatic heterocycles. The molecule has 1 heterocycles. The van der Waals surface area contributed by atoms with Crippen LogP contribution < -0.4 is 4.74 Å². The maximum Gasteiger partial charge on any atom is 0.321 e. The molecule has 3 aromatic carbocycles. The van der Waals surface area contributed by atoms with Gasteiger partial charge in [-0.3, -0.25) is 9.69 Å². The standard InChI is InChI=1S/C24H23NO5S/c26-21-11-8-18(12-22(21)27)23-25(20(15-31-23)24(28)29)13-16-6-9-19(10-7-16)30-14-17-4-2-1-3-5-17/h1-12,20,23,26-27H,13-15H2,(H,28,29). The monoisotopic (exact) mass is 437 g/mol. The predicted molar refractivity (Wildman–Crippen MR) is 119 cm³/mol. The van der Waals surface area contributed by atoms with Crippen molar-refractivity contribution < 1.29 is 24.9 Å². The van der Waals surface area contributed by atoms with E-state index in [-0.39, 0.29) is 16.9 Å². The van der Waals surface area contributed by atoms with Gasteiger partial charge in [-0.05, 0) is 41.0 Å². The highest BCUT2D eigenvalue weighted by molar-refractivity contribution is 7.99. The van der Waals surface area contributed by atoms with Gasteiger partial charge >= 0.3 is 5.97 Å². The van der Waals surface area contributed by atoms with Crippen molar-refractivity contribution >= 4 is 17.7 Å².